The average molecular weight is 1290 g/mol. The van der Waals surface area contributed by atoms with Gasteiger partial charge in [-0.2, -0.15) is 8.42 Å². The largest absolute Gasteiger partial charge is 0.664 e. The Bertz CT molecular complexity index is 3040. The van der Waals surface area contributed by atoms with Gasteiger partial charge in [-0.1, -0.05) is 29.7 Å². The van der Waals surface area contributed by atoms with Gasteiger partial charge in [0.25, 0.3) is 21.9 Å². The fourth-order valence-corrected chi connectivity index (χ4v) is 12.4. The van der Waals surface area contributed by atoms with Crippen LogP contribution >= 0.6 is 12.0 Å². The van der Waals surface area contributed by atoms with Gasteiger partial charge in [0, 0.05) is 92.7 Å². The van der Waals surface area contributed by atoms with E-state index in [1.807, 2.05) is 43.1 Å². The smallest absolute Gasteiger partial charge is 0.494 e. The van der Waals surface area contributed by atoms with Gasteiger partial charge in [-0.3, -0.25) is 28.5 Å². The van der Waals surface area contributed by atoms with Crippen LogP contribution in [0.3, 0.4) is 0 Å². The summed E-state index contributed by atoms with van der Waals surface area (Å²) in [7, 11) is 10.1. The number of allylic oxidation sites excluding steroid dienone is 1. The second kappa shape index (κ2) is 33.3. The van der Waals surface area contributed by atoms with Crippen LogP contribution in [0.15, 0.2) is 54.2 Å². The number of aromatic amines is 1. The maximum atomic E-state index is 17.6. The molecule has 5 heterocycles. The number of hydrogen-bond donors (Lipinski definition) is 7. The molecule has 0 radical (unpaired) electrons. The molecule has 5 unspecified atom stereocenters. The predicted molar refractivity (Wildman–Crippen MR) is 334 cm³/mol. The summed E-state index contributed by atoms with van der Waals surface area (Å²) in [6.45, 7) is 0.770. The third kappa shape index (κ3) is 23.0. The van der Waals surface area contributed by atoms with Gasteiger partial charge >= 0.3 is 12.9 Å². The number of aryl methyl sites for hydroxylation is 2. The Morgan fingerprint density at radius 3 is 2.26 bits per heavy atom. The molecule has 0 saturated carbocycles. The molecule has 1 aromatic carbocycles. The highest BCUT2D eigenvalue weighted by Crippen LogP contribution is 2.38. The lowest BCUT2D eigenvalue weighted by atomic mass is 9.86. The van der Waals surface area contributed by atoms with Gasteiger partial charge < -0.3 is 62.3 Å². The molecule has 3 aromatic rings. The van der Waals surface area contributed by atoms with Crippen molar-refractivity contribution in [3.8, 4) is 17.1 Å². The van der Waals surface area contributed by atoms with E-state index in [1.165, 1.54) is 4.48 Å². The van der Waals surface area contributed by atoms with Gasteiger partial charge in [0.1, 0.15) is 17.8 Å². The van der Waals surface area contributed by atoms with Gasteiger partial charge in [0.15, 0.2) is 0 Å². The molecule has 0 bridgehead atoms. The van der Waals surface area contributed by atoms with E-state index in [4.69, 9.17) is 14.8 Å². The van der Waals surface area contributed by atoms with E-state index in [0.29, 0.717) is 108 Å². The quantitative estimate of drug-likeness (QED) is 0.00581. The van der Waals surface area contributed by atoms with E-state index in [-0.39, 0.29) is 68.2 Å². The van der Waals surface area contributed by atoms with Crippen molar-refractivity contribution in [2.75, 3.05) is 100 Å². The molecule has 0 aliphatic carbocycles. The van der Waals surface area contributed by atoms with Crippen molar-refractivity contribution in [1.29, 1.82) is 0 Å². The van der Waals surface area contributed by atoms with Crippen molar-refractivity contribution < 1.29 is 88.3 Å². The summed E-state index contributed by atoms with van der Waals surface area (Å²) >= 11 is 0.573. The third-order valence-electron chi connectivity index (χ3n) is 16.0. The average Bonchev–Trinajstić information content (AvgIpc) is 1.60. The first-order valence-electron chi connectivity index (χ1n) is 30.7. The lowest BCUT2D eigenvalue weighted by Gasteiger charge is -2.41. The van der Waals surface area contributed by atoms with E-state index in [2.05, 4.69) is 72.6 Å². The molecule has 2 aromatic heterocycles. The highest BCUT2D eigenvalue weighted by Gasteiger charge is 2.57. The predicted octanol–water partition coefficient (Wildman–Crippen LogP) is 4.95. The second-order valence-electron chi connectivity index (χ2n) is 25.6. The van der Waals surface area contributed by atoms with Crippen LogP contribution in [-0.4, -0.2) is 207 Å². The number of likely N-dealkylation sites (N-methyl/N-ethyl adjacent to an activating group) is 1. The van der Waals surface area contributed by atoms with E-state index in [0.717, 1.165) is 53.7 Å². The summed E-state index contributed by atoms with van der Waals surface area (Å²) < 4.78 is 81.5. The summed E-state index contributed by atoms with van der Waals surface area (Å²) in [4.78, 5) is 86.6. The number of rotatable bonds is 39. The van der Waals surface area contributed by atoms with Gasteiger partial charge in [0.2, 0.25) is 17.7 Å². The van der Waals surface area contributed by atoms with Crippen LogP contribution in [0.5, 0.6) is 5.75 Å². The van der Waals surface area contributed by atoms with E-state index in [9.17, 15) is 41.7 Å². The highest BCUT2D eigenvalue weighted by atomic mass is 32.2. The van der Waals surface area contributed by atoms with Crippen LogP contribution in [0.25, 0.3) is 23.5 Å². The number of nitrogens with one attached hydrogen (secondary N) is 5. The molecule has 3 aliphatic heterocycles. The molecule has 5 atom stereocenters. The molecular formula is C60H93BF2N10O14S2+2. The SMILES string of the molecule is Cc1ccc(-c2cc(CCC[N+](C)(C)C)c3n2[B-](F)(F)[NH+]2C(=C3)C(CCCS(=O)(=O)O)CC2/C=C/c2ccc(OCCCC(=O)NC(CSOOO)C(=O)NC(CCCC[N+](C)(C)C)C(=O)NCCN(C)CCCCCC(=O)ON3C(=O)CCC3=O)cc2)[nH]1. The molecule has 6 rings (SSSR count). The van der Waals surface area contributed by atoms with Crippen molar-refractivity contribution in [3.63, 3.8) is 0 Å². The highest BCUT2D eigenvalue weighted by molar-refractivity contribution is 7.94. The number of H-pyrrole nitrogens is 1. The number of nitrogens with zero attached hydrogens (tertiary/aromatic N) is 5. The number of hydroxylamine groups is 2. The number of benzene rings is 1. The first-order valence-corrected chi connectivity index (χ1v) is 33.2. The van der Waals surface area contributed by atoms with Gasteiger partial charge in [-0.05, 0) is 126 Å². The lowest BCUT2D eigenvalue weighted by Crippen LogP contribution is -3.23. The molecule has 2 fully saturated rings. The normalized spacial score (nSPS) is 18.2. The van der Waals surface area contributed by atoms with Crippen molar-refractivity contribution in [3.05, 3.63) is 76.8 Å². The molecule has 24 nitrogen and oxygen atoms in total. The summed E-state index contributed by atoms with van der Waals surface area (Å²) in [5.41, 5.74) is 4.39. The van der Waals surface area contributed by atoms with Crippen LogP contribution < -0.4 is 25.5 Å². The summed E-state index contributed by atoms with van der Waals surface area (Å²) in [6, 6.07) is 9.79. The van der Waals surface area contributed by atoms with Gasteiger partial charge in [-0.15, -0.1) is 9.40 Å². The zero-order valence-corrected chi connectivity index (χ0v) is 54.4. The van der Waals surface area contributed by atoms with Crippen molar-refractivity contribution in [2.45, 2.75) is 128 Å². The van der Waals surface area contributed by atoms with Gasteiger partial charge in [0.05, 0.1) is 90.9 Å². The molecule has 5 amide bonds. The third-order valence-corrected chi connectivity index (χ3v) is 17.4. The fraction of sp³-hybridized carbons (Fsp3) is 0.600. The molecule has 494 valence electrons. The summed E-state index contributed by atoms with van der Waals surface area (Å²) in [5, 5.41) is 21.5. The Kier molecular flexibility index (Phi) is 27.0. The minimum atomic E-state index is -4.34. The molecule has 89 heavy (non-hydrogen) atoms. The number of fused-ring (bicyclic) bond motifs is 2. The van der Waals surface area contributed by atoms with Crippen LogP contribution in [0.1, 0.15) is 119 Å². The minimum Gasteiger partial charge on any atom is -0.494 e. The second-order valence-corrected chi connectivity index (χ2v) is 27.9. The topological polar surface area (TPSA) is 282 Å². The first kappa shape index (κ1) is 72.1. The van der Waals surface area contributed by atoms with Crippen LogP contribution in [0, 0.1) is 12.8 Å². The maximum absolute atomic E-state index is 17.6. The van der Waals surface area contributed by atoms with E-state index < -0.39 is 76.5 Å². The number of aromatic nitrogens is 2. The number of halogens is 2. The zero-order valence-electron chi connectivity index (χ0n) is 52.7. The number of quaternary nitrogens is 3. The number of ether oxygens (including phenoxy) is 1. The van der Waals surface area contributed by atoms with Crippen LogP contribution in [0.4, 0.5) is 8.63 Å². The number of carbonyl (C=O) groups is 6. The molecule has 29 heteroatoms. The number of amides is 5. The summed E-state index contributed by atoms with van der Waals surface area (Å²) in [6.07, 6.45) is 11.6. The minimum absolute atomic E-state index is 0.0258. The Labute approximate surface area is 526 Å². The van der Waals surface area contributed by atoms with Crippen molar-refractivity contribution in [2.24, 2.45) is 5.92 Å². The Hall–Kier alpha value is -6.02. The molecule has 0 spiro atoms. The number of imide groups is 1. The Morgan fingerprint density at radius 1 is 0.888 bits per heavy atom. The Balaban J connectivity index is 1.02. The van der Waals surface area contributed by atoms with E-state index >= 15 is 8.63 Å². The standard InChI is InChI=1S/C60H91BF2N10O14S2/c1-43-22-29-49(65-43)54-40-46(17-14-36-73(6,7)8)53-41-52-45(18-16-38-89(81,82)83)39-47(69(52)61(62,63)70(53)54)26-23-44-24-27-48(28-25-44)84-37-15-20-55(74)66-51(42-88-87-86-80)60(79)67-50(19-11-13-35-72(3,4)5)59(78)64-32-34-68(2)33-12-9-10-21-58(77)85-71-56(75)30-31-57(71)76/h22-29,40-41,45,47,50-51,65,69H,9-21,30-39,42H2,1-8H3,(H3-2,64,66,67,74,78,79,80,81,82,83)/p+2/b26-23+. The first-order chi connectivity index (χ1) is 42.0. The zero-order chi connectivity index (χ0) is 65.1. The van der Waals surface area contributed by atoms with Crippen molar-refractivity contribution in [1.82, 2.24) is 35.4 Å². The molecule has 2 saturated heterocycles. The van der Waals surface area contributed by atoms with Crippen molar-refractivity contribution >= 4 is 76.8 Å². The Morgan fingerprint density at radius 2 is 1.60 bits per heavy atom. The fourth-order valence-electron chi connectivity index (χ4n) is 11.4. The lowest BCUT2D eigenvalue weighted by molar-refractivity contribution is -0.870. The van der Waals surface area contributed by atoms with Crippen LogP contribution in [0.2, 0.25) is 0 Å². The number of carbonyl (C=O) groups excluding carboxylic acids is 6. The van der Waals surface area contributed by atoms with Gasteiger partial charge in [-0.25, -0.2) is 10.1 Å². The molecule has 7 N–H and O–H groups in total. The number of hydrogen-bond acceptors (Lipinski definition) is 15. The maximum Gasteiger partial charge on any atom is 0.664 e. The van der Waals surface area contributed by atoms with Crippen LogP contribution in [-0.2, 0) is 59.5 Å². The number of unbranched alkanes of at least 4 members (excludes halogenated alkanes) is 3. The van der Waals surface area contributed by atoms with E-state index in [1.54, 1.807) is 36.4 Å². The molecular weight excluding hydrogens is 1200 g/mol. The summed E-state index contributed by atoms with van der Waals surface area (Å²) in [5.74, 6) is -3.77. The molecule has 3 aliphatic rings. The monoisotopic (exact) mass is 1290 g/mol.